The molecule has 1 heterocycles. The average molecular weight is 442 g/mol. The summed E-state index contributed by atoms with van der Waals surface area (Å²) in [6.07, 6.45) is 1.59. The standard InChI is InChI=1S/C23H24FN2O4P/c1-15-4-9-22(24)18(10-15)12-19(27)11-16-5-7-17(8-6-16)21-13-20(14-26-23(21)25)31(28,29-2)30-3/h4-10,13-14H,11-12H2,1-3H3,(H2,25,26). The number of benzene rings is 2. The summed E-state index contributed by atoms with van der Waals surface area (Å²) in [5, 5.41) is 0.293. The fourth-order valence-electron chi connectivity index (χ4n) is 3.27. The van der Waals surface area contributed by atoms with Gasteiger partial charge in [0.15, 0.2) is 0 Å². The number of ketones is 1. The minimum Gasteiger partial charge on any atom is -0.383 e. The monoisotopic (exact) mass is 442 g/mol. The molecule has 3 aromatic rings. The van der Waals surface area contributed by atoms with Crippen molar-refractivity contribution >= 4 is 24.5 Å². The molecule has 8 heteroatoms. The third-order valence-electron chi connectivity index (χ3n) is 4.96. The zero-order chi connectivity index (χ0) is 22.6. The van der Waals surface area contributed by atoms with E-state index < -0.39 is 7.60 Å². The first kappa shape index (κ1) is 22.8. The number of anilines is 1. The molecular weight excluding hydrogens is 418 g/mol. The second-order valence-corrected chi connectivity index (χ2v) is 9.41. The first-order valence-electron chi connectivity index (χ1n) is 9.59. The van der Waals surface area contributed by atoms with Crippen molar-refractivity contribution in [1.82, 2.24) is 4.98 Å². The third kappa shape index (κ3) is 5.25. The van der Waals surface area contributed by atoms with Crippen LogP contribution < -0.4 is 11.0 Å². The largest absolute Gasteiger partial charge is 0.383 e. The Morgan fingerprint density at radius 2 is 1.74 bits per heavy atom. The maximum atomic E-state index is 13.9. The molecule has 0 radical (unpaired) electrons. The number of Topliss-reactive ketones (excluding diaryl/α,β-unsaturated/α-hetero) is 1. The van der Waals surface area contributed by atoms with Crippen LogP contribution in [0.3, 0.4) is 0 Å². The first-order valence-corrected chi connectivity index (χ1v) is 11.1. The molecule has 0 fully saturated rings. The molecule has 0 aliphatic rings. The molecule has 0 aliphatic carbocycles. The lowest BCUT2D eigenvalue weighted by Crippen LogP contribution is -2.11. The molecule has 6 nitrogen and oxygen atoms in total. The van der Waals surface area contributed by atoms with E-state index in [0.29, 0.717) is 16.4 Å². The van der Waals surface area contributed by atoms with Crippen molar-refractivity contribution in [1.29, 1.82) is 0 Å². The molecule has 0 unspecified atom stereocenters. The Morgan fingerprint density at radius 3 is 2.39 bits per heavy atom. The van der Waals surface area contributed by atoms with Crippen LogP contribution in [0, 0.1) is 12.7 Å². The van der Waals surface area contributed by atoms with Crippen molar-refractivity contribution in [3.8, 4) is 11.1 Å². The molecule has 0 saturated heterocycles. The van der Waals surface area contributed by atoms with Gasteiger partial charge in [0, 0.05) is 38.8 Å². The summed E-state index contributed by atoms with van der Waals surface area (Å²) in [5.41, 5.74) is 9.43. The average Bonchev–Trinajstić information content (AvgIpc) is 2.76. The number of carbonyl (C=O) groups is 1. The van der Waals surface area contributed by atoms with Gasteiger partial charge in [0.1, 0.15) is 17.4 Å². The van der Waals surface area contributed by atoms with Gasteiger partial charge >= 0.3 is 7.60 Å². The Kier molecular flexibility index (Phi) is 7.01. The molecule has 0 saturated carbocycles. The second kappa shape index (κ2) is 9.52. The van der Waals surface area contributed by atoms with Crippen molar-refractivity contribution in [3.63, 3.8) is 0 Å². The molecule has 0 spiro atoms. The number of hydrogen-bond donors (Lipinski definition) is 1. The zero-order valence-corrected chi connectivity index (χ0v) is 18.5. The summed E-state index contributed by atoms with van der Waals surface area (Å²) in [5.74, 6) is -0.190. The van der Waals surface area contributed by atoms with Crippen LogP contribution in [-0.2, 0) is 31.2 Å². The van der Waals surface area contributed by atoms with Gasteiger partial charge in [-0.1, -0.05) is 42.0 Å². The lowest BCUT2D eigenvalue weighted by Gasteiger charge is -2.15. The van der Waals surface area contributed by atoms with Crippen molar-refractivity contribution < 1.29 is 22.8 Å². The van der Waals surface area contributed by atoms with Crippen LogP contribution in [-0.4, -0.2) is 25.0 Å². The van der Waals surface area contributed by atoms with Crippen molar-refractivity contribution in [2.45, 2.75) is 19.8 Å². The van der Waals surface area contributed by atoms with Gasteiger partial charge in [-0.05, 0) is 35.7 Å². The lowest BCUT2D eigenvalue weighted by atomic mass is 9.99. The molecule has 162 valence electrons. The molecule has 0 aliphatic heterocycles. The van der Waals surface area contributed by atoms with Gasteiger partial charge in [0.25, 0.3) is 0 Å². The smallest absolute Gasteiger partial charge is 0.362 e. The van der Waals surface area contributed by atoms with E-state index in [2.05, 4.69) is 4.98 Å². The van der Waals surface area contributed by atoms with E-state index >= 15 is 0 Å². The highest BCUT2D eigenvalue weighted by Crippen LogP contribution is 2.45. The number of carbonyl (C=O) groups excluding carboxylic acids is 1. The SMILES string of the molecule is COP(=O)(OC)c1cnc(N)c(-c2ccc(CC(=O)Cc3cc(C)ccc3F)cc2)c1. The van der Waals surface area contributed by atoms with Crippen LogP contribution >= 0.6 is 7.60 Å². The Morgan fingerprint density at radius 1 is 1.06 bits per heavy atom. The van der Waals surface area contributed by atoms with E-state index in [1.807, 2.05) is 6.92 Å². The molecule has 0 amide bonds. The summed E-state index contributed by atoms with van der Waals surface area (Å²) < 4.78 is 36.6. The van der Waals surface area contributed by atoms with Crippen LogP contribution in [0.15, 0.2) is 54.7 Å². The topological polar surface area (TPSA) is 91.5 Å². The van der Waals surface area contributed by atoms with Crippen molar-refractivity contribution in [3.05, 3.63) is 77.2 Å². The van der Waals surface area contributed by atoms with Crippen molar-refractivity contribution in [2.75, 3.05) is 20.0 Å². The number of nitrogens with zero attached hydrogens (tertiary/aromatic N) is 1. The van der Waals surface area contributed by atoms with E-state index in [1.54, 1.807) is 42.5 Å². The predicted molar refractivity (Wildman–Crippen MR) is 119 cm³/mol. The molecule has 0 bridgehead atoms. The van der Waals surface area contributed by atoms with E-state index in [1.165, 1.54) is 26.5 Å². The van der Waals surface area contributed by atoms with Gasteiger partial charge in [-0.15, -0.1) is 0 Å². The predicted octanol–water partition coefficient (Wildman–Crippen LogP) is 4.24. The van der Waals surface area contributed by atoms with E-state index in [4.69, 9.17) is 14.8 Å². The minimum absolute atomic E-state index is 0.0392. The molecule has 3 rings (SSSR count). The van der Waals surface area contributed by atoms with E-state index in [-0.39, 0.29) is 30.3 Å². The third-order valence-corrected chi connectivity index (χ3v) is 6.79. The Hall–Kier alpha value is -2.86. The quantitative estimate of drug-likeness (QED) is 0.525. The number of pyridine rings is 1. The minimum atomic E-state index is -3.46. The molecule has 2 N–H and O–H groups in total. The molecule has 2 aromatic carbocycles. The van der Waals surface area contributed by atoms with Crippen molar-refractivity contribution in [2.24, 2.45) is 0 Å². The summed E-state index contributed by atoms with van der Waals surface area (Å²) in [6, 6.07) is 13.6. The fraction of sp³-hybridized carbons (Fsp3) is 0.217. The number of aryl methyl sites for hydroxylation is 1. The molecular formula is C23H24FN2O4P. The maximum absolute atomic E-state index is 13.9. The Bertz CT molecular complexity index is 1140. The van der Waals surface area contributed by atoms with E-state index in [9.17, 15) is 13.8 Å². The number of aromatic nitrogens is 1. The first-order chi connectivity index (χ1) is 14.8. The number of halogens is 1. The summed E-state index contributed by atoms with van der Waals surface area (Å²) >= 11 is 0. The van der Waals surface area contributed by atoms with Gasteiger partial charge in [-0.25, -0.2) is 9.37 Å². The highest BCUT2D eigenvalue weighted by atomic mass is 31.2. The van der Waals surface area contributed by atoms with Gasteiger partial charge in [0.2, 0.25) is 0 Å². The van der Waals surface area contributed by atoms with Crippen LogP contribution in [0.5, 0.6) is 0 Å². The summed E-state index contributed by atoms with van der Waals surface area (Å²) in [6.45, 7) is 1.86. The normalized spacial score (nSPS) is 11.5. The molecule has 0 atom stereocenters. The Labute approximate surface area is 180 Å². The summed E-state index contributed by atoms with van der Waals surface area (Å²) in [4.78, 5) is 16.5. The van der Waals surface area contributed by atoms with Crippen LogP contribution in [0.4, 0.5) is 10.2 Å². The Balaban J connectivity index is 1.78. The van der Waals surface area contributed by atoms with Gasteiger partial charge < -0.3 is 14.8 Å². The fourth-order valence-corrected chi connectivity index (χ4v) is 4.33. The molecule has 31 heavy (non-hydrogen) atoms. The van der Waals surface area contributed by atoms with Crippen LogP contribution in [0.25, 0.3) is 11.1 Å². The zero-order valence-electron chi connectivity index (χ0n) is 17.6. The van der Waals surface area contributed by atoms with Crippen LogP contribution in [0.1, 0.15) is 16.7 Å². The highest BCUT2D eigenvalue weighted by Gasteiger charge is 2.26. The number of hydrogen-bond acceptors (Lipinski definition) is 6. The number of rotatable bonds is 8. The number of nitrogen functional groups attached to an aromatic ring is 1. The van der Waals surface area contributed by atoms with Crippen LogP contribution in [0.2, 0.25) is 0 Å². The highest BCUT2D eigenvalue weighted by molar-refractivity contribution is 7.62. The lowest BCUT2D eigenvalue weighted by molar-refractivity contribution is -0.117. The summed E-state index contributed by atoms with van der Waals surface area (Å²) in [7, 11) is -0.863. The molecule has 1 aromatic heterocycles. The van der Waals surface area contributed by atoms with Gasteiger partial charge in [0.05, 0.1) is 5.30 Å². The number of nitrogens with two attached hydrogens (primary N) is 1. The van der Waals surface area contributed by atoms with E-state index in [0.717, 1.165) is 16.7 Å². The maximum Gasteiger partial charge on any atom is 0.362 e. The van der Waals surface area contributed by atoms with Gasteiger partial charge in [-0.2, -0.15) is 0 Å². The second-order valence-electron chi connectivity index (χ2n) is 7.17. The van der Waals surface area contributed by atoms with Gasteiger partial charge in [-0.3, -0.25) is 9.36 Å².